The monoisotopic (exact) mass is 174 g/mol. The van der Waals surface area contributed by atoms with Gasteiger partial charge in [0.15, 0.2) is 11.2 Å². The van der Waals surface area contributed by atoms with Gasteiger partial charge in [0.25, 0.3) is 0 Å². The Hall–Kier alpha value is 0.450. The summed E-state index contributed by atoms with van der Waals surface area (Å²) in [5.74, 6) is -1.41. The van der Waals surface area contributed by atoms with Crippen LogP contribution >= 0.6 is 12.6 Å². The van der Waals surface area contributed by atoms with Crippen LogP contribution in [0.5, 0.6) is 0 Å². The van der Waals surface area contributed by atoms with Crippen LogP contribution in [-0.4, -0.2) is 27.4 Å². The molecule has 0 amide bonds. The Balaban J connectivity index is -0.000000320. The van der Waals surface area contributed by atoms with E-state index in [9.17, 15) is 9.59 Å². The fourth-order valence-corrected chi connectivity index (χ4v) is 0.426. The minimum absolute atomic E-state index is 0. The molecule has 0 spiro atoms. The molecule has 2 N–H and O–H groups in total. The van der Waals surface area contributed by atoms with E-state index in [0.717, 1.165) is 0 Å². The quantitative estimate of drug-likeness (QED) is 0.305. The van der Waals surface area contributed by atoms with Crippen LogP contribution in [0.4, 0.5) is 0 Å². The van der Waals surface area contributed by atoms with Crippen molar-refractivity contribution in [2.24, 2.45) is 0 Å². The van der Waals surface area contributed by atoms with Gasteiger partial charge >= 0.3 is 35.5 Å². The van der Waals surface area contributed by atoms with Gasteiger partial charge in [-0.2, -0.15) is 0 Å². The molecule has 0 aliphatic carbocycles. The molecule has 4 nitrogen and oxygen atoms in total. The number of hydrogen-bond donors (Lipinski definition) is 3. The molecule has 0 aliphatic rings. The van der Waals surface area contributed by atoms with Gasteiger partial charge in [-0.3, -0.25) is 4.79 Å². The minimum atomic E-state index is -1.62. The summed E-state index contributed by atoms with van der Waals surface area (Å²) < 4.78 is 0. The molecule has 0 saturated carbocycles. The number of carboxylic acids is 1. The topological polar surface area (TPSA) is 74.6 Å². The van der Waals surface area contributed by atoms with Crippen LogP contribution in [0.25, 0.3) is 0 Å². The number of aliphatic hydroxyl groups is 1. The Bertz CT molecular complexity index is 142. The first-order valence-electron chi connectivity index (χ1n) is 2.16. The Morgan fingerprint density at radius 2 is 2.00 bits per heavy atom. The molecule has 0 saturated heterocycles. The van der Waals surface area contributed by atoms with Gasteiger partial charge in [-0.1, -0.05) is 0 Å². The van der Waals surface area contributed by atoms with E-state index in [1.807, 2.05) is 0 Å². The number of thiol groups is 1. The Morgan fingerprint density at radius 1 is 1.60 bits per heavy atom. The number of carbonyl (C=O) groups excluding carboxylic acids is 1. The van der Waals surface area contributed by atoms with E-state index in [0.29, 0.717) is 0 Å². The second-order valence-electron chi connectivity index (χ2n) is 1.45. The molecule has 1 atom stereocenters. The number of carboxylic acid groups (broad SMARTS) is 1. The van der Waals surface area contributed by atoms with Crippen molar-refractivity contribution in [1.82, 2.24) is 0 Å². The number of carbonyl (C=O) groups is 2. The zero-order valence-electron chi connectivity index (χ0n) is 6.44. The van der Waals surface area contributed by atoms with Crippen molar-refractivity contribution in [1.29, 1.82) is 0 Å². The van der Waals surface area contributed by atoms with Gasteiger partial charge in [-0.05, 0) is 0 Å². The fraction of sp³-hybridized carbons (Fsp3) is 0.500. The molecule has 0 rings (SSSR count). The van der Waals surface area contributed by atoms with Gasteiger partial charge in [0, 0.05) is 0 Å². The van der Waals surface area contributed by atoms with E-state index in [1.165, 1.54) is 0 Å². The third kappa shape index (κ3) is 6.57. The first-order valence-corrected chi connectivity index (χ1v) is 2.61. The number of aliphatic carboxylic acids is 1. The van der Waals surface area contributed by atoms with E-state index in [1.54, 1.807) is 0 Å². The summed E-state index contributed by atoms with van der Waals surface area (Å²) in [6.07, 6.45) is -2.06. The summed E-state index contributed by atoms with van der Waals surface area (Å²) in [6.45, 7) is 0. The largest absolute Gasteiger partial charge is 1.00 e. The van der Waals surface area contributed by atoms with Crippen molar-refractivity contribution in [2.45, 2.75) is 12.5 Å². The summed E-state index contributed by atoms with van der Waals surface area (Å²) in [5, 5.41) is 15.8. The summed E-state index contributed by atoms with van der Waals surface area (Å²) in [6, 6.07) is 0. The van der Waals surface area contributed by atoms with Crippen LogP contribution in [0.3, 0.4) is 0 Å². The standard InChI is InChI=1S/C4H6O4S.Na.H/c5-2(4(7)8)1-3(6)9;;/h2,5H,1H2,(H,6,9)(H,7,8);;/q;+1;-1. The Morgan fingerprint density at radius 3 is 2.10 bits per heavy atom. The molecule has 0 heterocycles. The third-order valence-corrected chi connectivity index (χ3v) is 0.836. The zero-order valence-corrected chi connectivity index (χ0v) is 8.34. The second-order valence-corrected chi connectivity index (χ2v) is 1.95. The molecule has 10 heavy (non-hydrogen) atoms. The van der Waals surface area contributed by atoms with Crippen LogP contribution in [0.15, 0.2) is 0 Å². The van der Waals surface area contributed by atoms with Crippen LogP contribution in [0.2, 0.25) is 0 Å². The van der Waals surface area contributed by atoms with Crippen molar-refractivity contribution < 1.29 is 50.8 Å². The number of hydrogen-bond acceptors (Lipinski definition) is 3. The molecular weight excluding hydrogens is 167 g/mol. The smallest absolute Gasteiger partial charge is 1.00 e. The molecule has 0 radical (unpaired) electrons. The summed E-state index contributed by atoms with van der Waals surface area (Å²) in [4.78, 5) is 19.8. The zero-order chi connectivity index (χ0) is 7.44. The first-order chi connectivity index (χ1) is 4.04. The van der Waals surface area contributed by atoms with Crippen LogP contribution in [0.1, 0.15) is 7.85 Å². The molecule has 0 aliphatic heterocycles. The van der Waals surface area contributed by atoms with Crippen LogP contribution in [-0.2, 0) is 9.59 Å². The Labute approximate surface area is 86.8 Å². The van der Waals surface area contributed by atoms with Gasteiger partial charge < -0.3 is 11.6 Å². The maximum absolute atomic E-state index is 10.00. The molecule has 0 aromatic carbocycles. The van der Waals surface area contributed by atoms with Gasteiger partial charge in [-0.25, -0.2) is 4.79 Å². The van der Waals surface area contributed by atoms with Gasteiger partial charge in [0.05, 0.1) is 6.42 Å². The van der Waals surface area contributed by atoms with E-state index < -0.39 is 23.6 Å². The average Bonchev–Trinajstić information content (AvgIpc) is 1.63. The van der Waals surface area contributed by atoms with Crippen molar-refractivity contribution in [3.63, 3.8) is 0 Å². The molecule has 0 fully saturated rings. The second kappa shape index (κ2) is 6.18. The third-order valence-electron chi connectivity index (χ3n) is 0.653. The molecule has 54 valence electrons. The van der Waals surface area contributed by atoms with E-state index in [4.69, 9.17) is 10.2 Å². The maximum Gasteiger partial charge on any atom is 1.00 e. The SMILES string of the molecule is O=C(S)CC(O)C(=O)O.[H-].[Na+]. The van der Waals surface area contributed by atoms with Crippen molar-refractivity contribution >= 4 is 23.7 Å². The maximum atomic E-state index is 10.00. The Kier molecular flexibility index (Phi) is 8.08. The van der Waals surface area contributed by atoms with Crippen molar-refractivity contribution in [3.05, 3.63) is 0 Å². The molecular formula is C4H7NaO4S. The van der Waals surface area contributed by atoms with Crippen LogP contribution < -0.4 is 29.6 Å². The normalized spacial score (nSPS) is 11.4. The van der Waals surface area contributed by atoms with Crippen molar-refractivity contribution in [3.8, 4) is 0 Å². The van der Waals surface area contributed by atoms with E-state index >= 15 is 0 Å². The summed E-state index contributed by atoms with van der Waals surface area (Å²) in [7, 11) is 0. The number of rotatable bonds is 3. The number of aliphatic hydroxyl groups excluding tert-OH is 1. The van der Waals surface area contributed by atoms with Crippen LogP contribution in [0, 0.1) is 0 Å². The van der Waals surface area contributed by atoms with E-state index in [2.05, 4.69) is 12.6 Å². The predicted octanol–water partition coefficient (Wildman–Crippen LogP) is -3.61. The summed E-state index contributed by atoms with van der Waals surface area (Å²) >= 11 is 3.27. The minimum Gasteiger partial charge on any atom is -1.00 e. The molecule has 0 aromatic rings. The fourth-order valence-electron chi connectivity index (χ4n) is 0.253. The predicted molar refractivity (Wildman–Crippen MR) is 33.4 cm³/mol. The van der Waals surface area contributed by atoms with Gasteiger partial charge in [0.2, 0.25) is 0 Å². The van der Waals surface area contributed by atoms with Gasteiger partial charge in [0.1, 0.15) is 0 Å². The first kappa shape index (κ1) is 13.1. The average molecular weight is 174 g/mol. The van der Waals surface area contributed by atoms with Crippen molar-refractivity contribution in [2.75, 3.05) is 0 Å². The van der Waals surface area contributed by atoms with Gasteiger partial charge in [-0.15, -0.1) is 12.6 Å². The molecule has 0 aromatic heterocycles. The van der Waals surface area contributed by atoms with E-state index in [-0.39, 0.29) is 31.0 Å². The molecule has 6 heteroatoms. The summed E-state index contributed by atoms with van der Waals surface area (Å²) in [5.41, 5.74) is 0. The molecule has 1 unspecified atom stereocenters. The molecule has 0 bridgehead atoms.